The topological polar surface area (TPSA) is 82.1 Å². The van der Waals surface area contributed by atoms with E-state index in [9.17, 15) is 14.4 Å². The Labute approximate surface area is 191 Å². The summed E-state index contributed by atoms with van der Waals surface area (Å²) in [7, 11) is -3.10. The molecule has 0 spiro atoms. The average Bonchev–Trinajstić information content (AvgIpc) is 2.68. The van der Waals surface area contributed by atoms with Gasteiger partial charge in [-0.05, 0) is 18.2 Å². The molecule has 0 saturated heterocycles. The molecule has 4 rings (SSSR count). The molecule has 2 aliphatic rings. The minimum atomic E-state index is -5.09. The van der Waals surface area contributed by atoms with Crippen molar-refractivity contribution < 1.29 is 53.2 Å². The van der Waals surface area contributed by atoms with Crippen LogP contribution in [0.1, 0.15) is 5.56 Å². The number of ether oxygens (including phenoxy) is 1. The second kappa shape index (κ2) is 8.92. The van der Waals surface area contributed by atoms with Gasteiger partial charge in [-0.1, -0.05) is 60.7 Å². The van der Waals surface area contributed by atoms with Crippen LogP contribution in [0.5, 0.6) is 5.75 Å². The molecule has 2 aromatic rings. The number of para-hydroxylation sites is 2. The molecule has 0 aromatic heterocycles. The predicted molar refractivity (Wildman–Crippen MR) is 105 cm³/mol. The Morgan fingerprint density at radius 3 is 2.45 bits per heavy atom. The van der Waals surface area contributed by atoms with Gasteiger partial charge in [0.15, 0.2) is 0 Å². The molecule has 0 saturated carbocycles. The third kappa shape index (κ3) is 4.69. The van der Waals surface area contributed by atoms with Crippen molar-refractivity contribution in [3.05, 3.63) is 90.4 Å². The standard InChI is InChI=1S/C21H20NO5P.Na/c1-22-18-13-7-5-11-16(18)20(17-12-6-8-14-19(17)22)21(27-28(23,24)25)26-15-9-3-2-4-10-15;/h2-14,16,18H,1H3,(H2,23,24,25);/q;+1/p-1/b21-20-;. The maximum absolute atomic E-state index is 11.6. The van der Waals surface area contributed by atoms with E-state index in [0.717, 1.165) is 11.3 Å². The molecule has 1 aliphatic carbocycles. The molecule has 144 valence electrons. The molecule has 2 aromatic carbocycles. The molecular weight excluding hydrogens is 400 g/mol. The van der Waals surface area contributed by atoms with Gasteiger partial charge in [0, 0.05) is 24.2 Å². The number of hydrogen-bond acceptors (Lipinski definition) is 5. The molecule has 3 unspecified atom stereocenters. The molecule has 0 bridgehead atoms. The fourth-order valence-electron chi connectivity index (χ4n) is 3.65. The Kier molecular flexibility index (Phi) is 6.74. The fraction of sp³-hybridized carbons (Fsp3) is 0.143. The van der Waals surface area contributed by atoms with E-state index in [1.54, 1.807) is 24.3 Å². The predicted octanol–water partition coefficient (Wildman–Crippen LogP) is 0.476. The van der Waals surface area contributed by atoms with E-state index in [-0.39, 0.29) is 47.5 Å². The zero-order valence-corrected chi connectivity index (χ0v) is 19.0. The Hall–Kier alpha value is -1.79. The van der Waals surface area contributed by atoms with Crippen LogP contribution in [0, 0.1) is 5.92 Å². The van der Waals surface area contributed by atoms with Crippen LogP contribution in [0.3, 0.4) is 0 Å². The van der Waals surface area contributed by atoms with Gasteiger partial charge in [0.2, 0.25) is 0 Å². The SMILES string of the molecule is CN1c2ccccc2/C(=C(/Oc2ccccc2)OP(=O)([O-])O)C2C=CC=CC21.[Na+]. The second-order valence-corrected chi connectivity index (χ2v) is 7.71. The largest absolute Gasteiger partial charge is 1.00 e. The smallest absolute Gasteiger partial charge is 0.746 e. The summed E-state index contributed by atoms with van der Waals surface area (Å²) in [6, 6.07) is 16.3. The van der Waals surface area contributed by atoms with Crippen molar-refractivity contribution in [2.45, 2.75) is 6.04 Å². The number of anilines is 1. The molecule has 0 fully saturated rings. The number of rotatable bonds is 4. The first kappa shape index (κ1) is 21.9. The summed E-state index contributed by atoms with van der Waals surface area (Å²) in [5, 5.41) is 0. The number of hydrogen-bond donors (Lipinski definition) is 1. The molecule has 1 heterocycles. The number of benzene rings is 2. The van der Waals surface area contributed by atoms with E-state index in [0.29, 0.717) is 11.3 Å². The van der Waals surface area contributed by atoms with Crippen LogP contribution in [0.4, 0.5) is 5.69 Å². The zero-order valence-electron chi connectivity index (χ0n) is 16.1. The Morgan fingerprint density at radius 2 is 1.72 bits per heavy atom. The van der Waals surface area contributed by atoms with Gasteiger partial charge in [-0.3, -0.25) is 4.57 Å². The first-order valence-corrected chi connectivity index (χ1v) is 10.3. The quantitative estimate of drug-likeness (QED) is 0.441. The van der Waals surface area contributed by atoms with Crippen LogP contribution in [0.2, 0.25) is 0 Å². The van der Waals surface area contributed by atoms with Crippen LogP contribution >= 0.6 is 7.82 Å². The molecule has 1 aliphatic heterocycles. The number of phosphoric acid groups is 1. The Bertz CT molecular complexity index is 1010. The normalized spacial score (nSPS) is 23.2. The maximum Gasteiger partial charge on any atom is 1.00 e. The third-order valence-corrected chi connectivity index (χ3v) is 5.23. The van der Waals surface area contributed by atoms with Gasteiger partial charge in [0.1, 0.15) is 5.75 Å². The molecule has 3 atom stereocenters. The summed E-state index contributed by atoms with van der Waals surface area (Å²) < 4.78 is 22.4. The minimum absolute atomic E-state index is 0. The summed E-state index contributed by atoms with van der Waals surface area (Å²) in [5.41, 5.74) is 2.26. The van der Waals surface area contributed by atoms with Crippen molar-refractivity contribution in [2.24, 2.45) is 5.92 Å². The number of nitrogens with zero attached hydrogens (tertiary/aromatic N) is 1. The van der Waals surface area contributed by atoms with Crippen LogP contribution in [0.15, 0.2) is 84.8 Å². The summed E-state index contributed by atoms with van der Waals surface area (Å²) in [5.74, 6) is -0.0561. The van der Waals surface area contributed by atoms with Gasteiger partial charge in [-0.15, -0.1) is 0 Å². The summed E-state index contributed by atoms with van der Waals surface area (Å²) >= 11 is 0. The van der Waals surface area contributed by atoms with E-state index in [4.69, 9.17) is 9.26 Å². The molecule has 29 heavy (non-hydrogen) atoms. The van der Waals surface area contributed by atoms with E-state index in [1.165, 1.54) is 0 Å². The molecule has 6 nitrogen and oxygen atoms in total. The van der Waals surface area contributed by atoms with Gasteiger partial charge >= 0.3 is 37.4 Å². The monoisotopic (exact) mass is 419 g/mol. The van der Waals surface area contributed by atoms with Crippen LogP contribution < -0.4 is 44.1 Å². The average molecular weight is 419 g/mol. The Balaban J connectivity index is 0.00000240. The van der Waals surface area contributed by atoms with E-state index in [1.807, 2.05) is 61.7 Å². The first-order valence-electron chi connectivity index (χ1n) is 8.82. The van der Waals surface area contributed by atoms with E-state index >= 15 is 0 Å². The van der Waals surface area contributed by atoms with Gasteiger partial charge in [0.05, 0.1) is 11.6 Å². The van der Waals surface area contributed by atoms with Crippen LogP contribution in [0.25, 0.3) is 5.57 Å². The number of fused-ring (bicyclic) bond motifs is 2. The van der Waals surface area contributed by atoms with Crippen molar-refractivity contribution in [2.75, 3.05) is 11.9 Å². The molecule has 1 N–H and O–H groups in total. The van der Waals surface area contributed by atoms with Crippen molar-refractivity contribution in [3.63, 3.8) is 0 Å². The number of allylic oxidation sites excluding steroid dienone is 2. The first-order chi connectivity index (χ1) is 13.4. The van der Waals surface area contributed by atoms with Crippen molar-refractivity contribution >= 4 is 19.1 Å². The molecule has 8 heteroatoms. The van der Waals surface area contributed by atoms with Crippen molar-refractivity contribution in [3.8, 4) is 5.75 Å². The molecular formula is C21H19NNaO5P. The summed E-state index contributed by atoms with van der Waals surface area (Å²) in [4.78, 5) is 23.2. The van der Waals surface area contributed by atoms with Gasteiger partial charge in [0.25, 0.3) is 5.95 Å². The Morgan fingerprint density at radius 1 is 1.07 bits per heavy atom. The van der Waals surface area contributed by atoms with Gasteiger partial charge in [-0.2, -0.15) is 0 Å². The fourth-order valence-corrected chi connectivity index (χ4v) is 4.00. The minimum Gasteiger partial charge on any atom is -0.746 e. The summed E-state index contributed by atoms with van der Waals surface area (Å²) in [6.07, 6.45) is 7.86. The number of likely N-dealkylation sites (N-methyl/N-ethyl adjacent to an activating group) is 1. The zero-order chi connectivity index (χ0) is 19.7. The summed E-state index contributed by atoms with van der Waals surface area (Å²) in [6.45, 7) is 0. The number of phosphoric ester groups is 1. The van der Waals surface area contributed by atoms with Crippen molar-refractivity contribution in [1.82, 2.24) is 0 Å². The molecule has 0 amide bonds. The van der Waals surface area contributed by atoms with Crippen LogP contribution in [-0.2, 0) is 9.09 Å². The van der Waals surface area contributed by atoms with E-state index < -0.39 is 7.82 Å². The second-order valence-electron chi connectivity index (χ2n) is 6.59. The third-order valence-electron chi connectivity index (χ3n) is 4.83. The molecule has 0 radical (unpaired) electrons. The van der Waals surface area contributed by atoms with E-state index in [2.05, 4.69) is 4.90 Å². The maximum atomic E-state index is 11.6. The van der Waals surface area contributed by atoms with Crippen molar-refractivity contribution in [1.29, 1.82) is 0 Å². The van der Waals surface area contributed by atoms with Crippen LogP contribution in [-0.4, -0.2) is 18.0 Å². The van der Waals surface area contributed by atoms with Gasteiger partial charge in [-0.25, -0.2) is 0 Å². The van der Waals surface area contributed by atoms with Gasteiger partial charge < -0.3 is 23.9 Å².